The Morgan fingerprint density at radius 1 is 1.15 bits per heavy atom. The molecule has 0 bridgehead atoms. The zero-order chi connectivity index (χ0) is 20.0. The fourth-order valence-electron chi connectivity index (χ4n) is 2.28. The Balaban J connectivity index is 2.11. The number of aliphatic carboxylic acids is 1. The lowest BCUT2D eigenvalue weighted by molar-refractivity contribution is -0.141. The van der Waals surface area contributed by atoms with Crippen LogP contribution in [0.1, 0.15) is 33.5 Å². The smallest absolute Gasteiger partial charge is 0.308 e. The molecule has 0 aliphatic heterocycles. The number of carbonyl (C=O) groups excluding carboxylic acids is 2. The molecule has 0 spiro atoms. The molecule has 1 heterocycles. The minimum Gasteiger partial charge on any atom is -0.481 e. The summed E-state index contributed by atoms with van der Waals surface area (Å²) in [4.78, 5) is 44.9. The molecule has 1 atom stereocenters. The molecule has 27 heavy (non-hydrogen) atoms. The van der Waals surface area contributed by atoms with E-state index in [9.17, 15) is 18.8 Å². The van der Waals surface area contributed by atoms with E-state index in [1.807, 2.05) is 0 Å². The van der Waals surface area contributed by atoms with Crippen LogP contribution in [0.3, 0.4) is 0 Å². The van der Waals surface area contributed by atoms with Crippen molar-refractivity contribution in [2.24, 2.45) is 5.92 Å². The largest absolute Gasteiger partial charge is 0.481 e. The molecule has 2 amide bonds. The first-order valence-corrected chi connectivity index (χ1v) is 8.11. The molecule has 2 N–H and O–H groups in total. The SMILES string of the molecule is CC(CN(C)C(=O)c1nccnc1C(=O)NCc1ccc(F)cc1)C(=O)O. The average molecular weight is 374 g/mol. The van der Waals surface area contributed by atoms with Gasteiger partial charge in [0.25, 0.3) is 11.8 Å². The van der Waals surface area contributed by atoms with Crippen LogP contribution >= 0.6 is 0 Å². The Hall–Kier alpha value is -3.36. The van der Waals surface area contributed by atoms with E-state index in [-0.39, 0.29) is 30.3 Å². The number of benzene rings is 1. The summed E-state index contributed by atoms with van der Waals surface area (Å²) in [6, 6.07) is 5.60. The Kier molecular flexibility index (Phi) is 6.53. The molecule has 9 heteroatoms. The van der Waals surface area contributed by atoms with Crippen molar-refractivity contribution in [1.82, 2.24) is 20.2 Å². The number of nitrogens with one attached hydrogen (secondary N) is 1. The summed E-state index contributed by atoms with van der Waals surface area (Å²) in [5.41, 5.74) is 0.336. The number of rotatable bonds is 7. The van der Waals surface area contributed by atoms with E-state index in [1.54, 1.807) is 0 Å². The summed E-state index contributed by atoms with van der Waals surface area (Å²) in [5.74, 6) is -3.42. The van der Waals surface area contributed by atoms with Crippen molar-refractivity contribution in [2.45, 2.75) is 13.5 Å². The van der Waals surface area contributed by atoms with Gasteiger partial charge in [-0.05, 0) is 17.7 Å². The van der Waals surface area contributed by atoms with Crippen LogP contribution in [-0.2, 0) is 11.3 Å². The second-order valence-electron chi connectivity index (χ2n) is 5.99. The van der Waals surface area contributed by atoms with Gasteiger partial charge in [0.1, 0.15) is 5.82 Å². The molecule has 2 rings (SSSR count). The fourth-order valence-corrected chi connectivity index (χ4v) is 2.28. The molecule has 142 valence electrons. The quantitative estimate of drug-likeness (QED) is 0.756. The van der Waals surface area contributed by atoms with Gasteiger partial charge in [-0.15, -0.1) is 0 Å². The van der Waals surface area contributed by atoms with Gasteiger partial charge < -0.3 is 15.3 Å². The third-order valence-electron chi connectivity index (χ3n) is 3.80. The Bertz CT molecular complexity index is 842. The van der Waals surface area contributed by atoms with E-state index in [0.717, 1.165) is 0 Å². The van der Waals surface area contributed by atoms with Gasteiger partial charge in [-0.1, -0.05) is 19.1 Å². The highest BCUT2D eigenvalue weighted by atomic mass is 19.1. The van der Waals surface area contributed by atoms with E-state index in [4.69, 9.17) is 5.11 Å². The number of amides is 2. The zero-order valence-electron chi connectivity index (χ0n) is 14.8. The number of carboxylic acid groups (broad SMARTS) is 1. The van der Waals surface area contributed by atoms with Crippen molar-refractivity contribution >= 4 is 17.8 Å². The number of carbonyl (C=O) groups is 3. The second-order valence-corrected chi connectivity index (χ2v) is 5.99. The molecule has 8 nitrogen and oxygen atoms in total. The number of hydrogen-bond acceptors (Lipinski definition) is 5. The third-order valence-corrected chi connectivity index (χ3v) is 3.80. The lowest BCUT2D eigenvalue weighted by Gasteiger charge is -2.19. The van der Waals surface area contributed by atoms with E-state index in [2.05, 4.69) is 15.3 Å². The van der Waals surface area contributed by atoms with Gasteiger partial charge in [-0.25, -0.2) is 14.4 Å². The Morgan fingerprint density at radius 3 is 2.33 bits per heavy atom. The molecule has 0 aliphatic rings. The second kappa shape index (κ2) is 8.84. The van der Waals surface area contributed by atoms with Crippen molar-refractivity contribution in [3.05, 3.63) is 59.4 Å². The van der Waals surface area contributed by atoms with Crippen LogP contribution in [0, 0.1) is 11.7 Å². The van der Waals surface area contributed by atoms with Crippen LogP contribution in [-0.4, -0.2) is 51.4 Å². The molecule has 1 aromatic carbocycles. The van der Waals surface area contributed by atoms with Gasteiger partial charge in [-0.3, -0.25) is 14.4 Å². The number of carboxylic acids is 1. The van der Waals surface area contributed by atoms with Gasteiger partial charge in [0.15, 0.2) is 11.4 Å². The van der Waals surface area contributed by atoms with Gasteiger partial charge in [0.05, 0.1) is 5.92 Å². The van der Waals surface area contributed by atoms with Crippen molar-refractivity contribution < 1.29 is 23.9 Å². The summed E-state index contributed by atoms with van der Waals surface area (Å²) in [6.45, 7) is 1.55. The lowest BCUT2D eigenvalue weighted by Crippen LogP contribution is -2.36. The number of nitrogens with zero attached hydrogens (tertiary/aromatic N) is 3. The maximum Gasteiger partial charge on any atom is 0.308 e. The van der Waals surface area contributed by atoms with Crippen LogP contribution in [0.15, 0.2) is 36.7 Å². The standard InChI is InChI=1S/C18H19FN4O4/c1-11(18(26)27)10-23(2)17(25)15-14(20-7-8-21-15)16(24)22-9-12-3-5-13(19)6-4-12/h3-8,11H,9-10H2,1-2H3,(H,22,24)(H,26,27). The molecule has 0 radical (unpaired) electrons. The summed E-state index contributed by atoms with van der Waals surface area (Å²) in [6.07, 6.45) is 2.56. The lowest BCUT2D eigenvalue weighted by atomic mass is 10.1. The normalized spacial score (nSPS) is 11.5. The van der Waals surface area contributed by atoms with Crippen molar-refractivity contribution in [2.75, 3.05) is 13.6 Å². The molecule has 0 aliphatic carbocycles. The summed E-state index contributed by atoms with van der Waals surface area (Å²) < 4.78 is 12.9. The van der Waals surface area contributed by atoms with Crippen LogP contribution in [0.25, 0.3) is 0 Å². The highest BCUT2D eigenvalue weighted by Crippen LogP contribution is 2.09. The summed E-state index contributed by atoms with van der Waals surface area (Å²) in [7, 11) is 1.43. The van der Waals surface area contributed by atoms with Gasteiger partial charge in [0, 0.05) is 32.5 Å². The maximum absolute atomic E-state index is 12.9. The first kappa shape index (κ1) is 20.0. The summed E-state index contributed by atoms with van der Waals surface area (Å²) in [5, 5.41) is 11.6. The fraction of sp³-hybridized carbons (Fsp3) is 0.278. The Morgan fingerprint density at radius 2 is 1.74 bits per heavy atom. The van der Waals surface area contributed by atoms with Crippen LogP contribution in [0.2, 0.25) is 0 Å². The maximum atomic E-state index is 12.9. The molecular weight excluding hydrogens is 355 g/mol. The molecular formula is C18H19FN4O4. The van der Waals surface area contributed by atoms with Gasteiger partial charge in [-0.2, -0.15) is 0 Å². The van der Waals surface area contributed by atoms with E-state index < -0.39 is 23.7 Å². The highest BCUT2D eigenvalue weighted by molar-refractivity contribution is 6.04. The number of aromatic nitrogens is 2. The van der Waals surface area contributed by atoms with Gasteiger partial charge in [0.2, 0.25) is 0 Å². The predicted octanol–water partition coefficient (Wildman–Crippen LogP) is 1.34. The minimum absolute atomic E-state index is 0.0403. The van der Waals surface area contributed by atoms with E-state index in [1.165, 1.54) is 55.5 Å². The zero-order valence-corrected chi connectivity index (χ0v) is 14.8. The average Bonchev–Trinajstić information content (AvgIpc) is 2.66. The third kappa shape index (κ3) is 5.30. The molecule has 1 aromatic heterocycles. The van der Waals surface area contributed by atoms with Crippen LogP contribution in [0.5, 0.6) is 0 Å². The molecule has 0 saturated heterocycles. The molecule has 0 saturated carbocycles. The van der Waals surface area contributed by atoms with Crippen molar-refractivity contribution in [1.29, 1.82) is 0 Å². The van der Waals surface area contributed by atoms with E-state index in [0.29, 0.717) is 5.56 Å². The predicted molar refractivity (Wildman–Crippen MR) is 93.4 cm³/mol. The van der Waals surface area contributed by atoms with E-state index >= 15 is 0 Å². The minimum atomic E-state index is -1.04. The molecule has 0 fully saturated rings. The van der Waals surface area contributed by atoms with Crippen LogP contribution in [0.4, 0.5) is 4.39 Å². The topological polar surface area (TPSA) is 112 Å². The van der Waals surface area contributed by atoms with Crippen molar-refractivity contribution in [3.63, 3.8) is 0 Å². The number of hydrogen-bond donors (Lipinski definition) is 2. The molecule has 2 aromatic rings. The number of halogens is 1. The highest BCUT2D eigenvalue weighted by Gasteiger charge is 2.25. The van der Waals surface area contributed by atoms with Crippen LogP contribution < -0.4 is 5.32 Å². The Labute approximate surface area is 155 Å². The summed E-state index contributed by atoms with van der Waals surface area (Å²) >= 11 is 0. The van der Waals surface area contributed by atoms with Crippen molar-refractivity contribution in [3.8, 4) is 0 Å². The first-order valence-electron chi connectivity index (χ1n) is 8.11. The van der Waals surface area contributed by atoms with Gasteiger partial charge >= 0.3 is 5.97 Å². The first-order chi connectivity index (χ1) is 12.8. The molecule has 1 unspecified atom stereocenters. The monoisotopic (exact) mass is 374 g/mol.